The van der Waals surface area contributed by atoms with Gasteiger partial charge in [0, 0.05) is 12.1 Å². The van der Waals surface area contributed by atoms with Crippen molar-refractivity contribution in [1.29, 1.82) is 0 Å². The molecule has 5 nitrogen and oxygen atoms in total. The highest BCUT2D eigenvalue weighted by molar-refractivity contribution is 5.74. The van der Waals surface area contributed by atoms with Crippen LogP contribution in [0.3, 0.4) is 0 Å². The zero-order valence-corrected chi connectivity index (χ0v) is 12.8. The maximum Gasteiger partial charge on any atom is 0.410 e. The summed E-state index contributed by atoms with van der Waals surface area (Å²) < 4.78 is 10.6. The molecule has 0 radical (unpaired) electrons. The molecule has 0 aromatic rings. The van der Waals surface area contributed by atoms with Crippen LogP contribution in [0.15, 0.2) is 0 Å². The number of carbonyl (C=O) groups is 2. The molecule has 2 aliphatic heterocycles. The number of carbonyl (C=O) groups excluding carboxylic acids is 2. The maximum atomic E-state index is 12.3. The maximum absolute atomic E-state index is 12.3. The van der Waals surface area contributed by atoms with Crippen LogP contribution in [0.1, 0.15) is 53.4 Å². The predicted molar refractivity (Wildman–Crippen MR) is 74.2 cm³/mol. The largest absolute Gasteiger partial charge is 0.466 e. The first kappa shape index (κ1) is 15.1. The van der Waals surface area contributed by atoms with Gasteiger partial charge in [-0.3, -0.25) is 4.79 Å². The molecule has 0 aromatic carbocycles. The quantitative estimate of drug-likeness (QED) is 0.731. The molecule has 0 aliphatic carbocycles. The van der Waals surface area contributed by atoms with Gasteiger partial charge in [0.1, 0.15) is 5.60 Å². The molecule has 2 fully saturated rings. The van der Waals surface area contributed by atoms with E-state index >= 15 is 0 Å². The van der Waals surface area contributed by atoms with E-state index in [2.05, 4.69) is 0 Å². The summed E-state index contributed by atoms with van der Waals surface area (Å²) in [6, 6.07) is 0.246. The lowest BCUT2D eigenvalue weighted by Crippen LogP contribution is -2.49. The molecule has 2 bridgehead atoms. The third kappa shape index (κ3) is 3.25. The minimum absolute atomic E-state index is 0.0638. The van der Waals surface area contributed by atoms with Crippen LogP contribution in [0.5, 0.6) is 0 Å². The van der Waals surface area contributed by atoms with Gasteiger partial charge in [0.05, 0.1) is 12.5 Å². The molecule has 0 spiro atoms. The van der Waals surface area contributed by atoms with Gasteiger partial charge in [-0.15, -0.1) is 0 Å². The van der Waals surface area contributed by atoms with Gasteiger partial charge in [-0.1, -0.05) is 0 Å². The topological polar surface area (TPSA) is 55.8 Å². The molecule has 2 heterocycles. The van der Waals surface area contributed by atoms with Gasteiger partial charge in [-0.05, 0) is 53.4 Å². The summed E-state index contributed by atoms with van der Waals surface area (Å²) in [5.74, 6) is -0.181. The van der Waals surface area contributed by atoms with Crippen LogP contribution in [-0.2, 0) is 14.3 Å². The summed E-state index contributed by atoms with van der Waals surface area (Å²) in [5.41, 5.74) is -0.478. The Balaban J connectivity index is 2.00. The molecule has 0 saturated carbocycles. The third-order valence-electron chi connectivity index (χ3n) is 3.96. The molecule has 0 N–H and O–H groups in total. The van der Waals surface area contributed by atoms with Crippen molar-refractivity contribution in [2.75, 3.05) is 6.61 Å². The average Bonchev–Trinajstić information content (AvgIpc) is 2.58. The Morgan fingerprint density at radius 3 is 2.15 bits per heavy atom. The van der Waals surface area contributed by atoms with Gasteiger partial charge in [-0.2, -0.15) is 0 Å². The van der Waals surface area contributed by atoms with Crippen LogP contribution in [0.2, 0.25) is 0 Å². The first-order chi connectivity index (χ1) is 9.31. The predicted octanol–water partition coefficient (Wildman–Crippen LogP) is 2.73. The standard InChI is InChI=1S/C15H25NO4/c1-5-19-13(17)10-8-11-6-7-12(9-10)16(11)14(18)20-15(2,3)4/h10-12H,5-9H2,1-4H3/t10?,11-,12+. The normalized spacial score (nSPS) is 29.2. The second kappa shape index (κ2) is 5.62. The van der Waals surface area contributed by atoms with Gasteiger partial charge < -0.3 is 14.4 Å². The SMILES string of the molecule is CCOC(=O)C1C[C@H]2CC[C@@H](C1)N2C(=O)OC(C)(C)C. The highest BCUT2D eigenvalue weighted by atomic mass is 16.6. The molecule has 20 heavy (non-hydrogen) atoms. The lowest BCUT2D eigenvalue weighted by molar-refractivity contribution is -0.150. The first-order valence-electron chi connectivity index (χ1n) is 7.49. The minimum Gasteiger partial charge on any atom is -0.466 e. The Morgan fingerprint density at radius 2 is 1.70 bits per heavy atom. The van der Waals surface area contributed by atoms with E-state index in [4.69, 9.17) is 9.47 Å². The molecule has 5 heteroatoms. The van der Waals surface area contributed by atoms with Gasteiger partial charge in [0.25, 0.3) is 0 Å². The van der Waals surface area contributed by atoms with Crippen LogP contribution in [0, 0.1) is 5.92 Å². The fourth-order valence-electron chi connectivity index (χ4n) is 3.24. The van der Waals surface area contributed by atoms with Gasteiger partial charge in [0.15, 0.2) is 0 Å². The Labute approximate surface area is 120 Å². The summed E-state index contributed by atoms with van der Waals surface area (Å²) in [6.45, 7) is 7.86. The van der Waals surface area contributed by atoms with Gasteiger partial charge >= 0.3 is 12.1 Å². The van der Waals surface area contributed by atoms with Crippen LogP contribution in [-0.4, -0.2) is 41.3 Å². The molecule has 1 amide bonds. The number of hydrogen-bond donors (Lipinski definition) is 0. The van der Waals surface area contributed by atoms with Crippen LogP contribution in [0.4, 0.5) is 4.79 Å². The third-order valence-corrected chi connectivity index (χ3v) is 3.96. The van der Waals surface area contributed by atoms with Crippen molar-refractivity contribution in [2.45, 2.75) is 71.1 Å². The van der Waals surface area contributed by atoms with E-state index in [1.807, 2.05) is 32.6 Å². The van der Waals surface area contributed by atoms with Gasteiger partial charge in [-0.25, -0.2) is 4.79 Å². The van der Waals surface area contributed by atoms with Crippen molar-refractivity contribution in [3.8, 4) is 0 Å². The molecule has 114 valence electrons. The molecule has 2 aliphatic rings. The lowest BCUT2D eigenvalue weighted by atomic mass is 9.91. The van der Waals surface area contributed by atoms with Crippen molar-refractivity contribution in [3.63, 3.8) is 0 Å². The Hall–Kier alpha value is -1.26. The highest BCUT2D eigenvalue weighted by Gasteiger charge is 2.46. The van der Waals surface area contributed by atoms with E-state index in [0.717, 1.165) is 12.8 Å². The number of ether oxygens (including phenoxy) is 2. The molecule has 2 rings (SSSR count). The zero-order chi connectivity index (χ0) is 14.9. The van der Waals surface area contributed by atoms with E-state index < -0.39 is 5.60 Å². The van der Waals surface area contributed by atoms with Crippen LogP contribution in [0.25, 0.3) is 0 Å². The first-order valence-corrected chi connectivity index (χ1v) is 7.49. The molecule has 1 unspecified atom stereocenters. The number of rotatable bonds is 2. The average molecular weight is 283 g/mol. The second-order valence-electron chi connectivity index (χ2n) is 6.69. The second-order valence-corrected chi connectivity index (χ2v) is 6.69. The summed E-state index contributed by atoms with van der Waals surface area (Å²) in [4.78, 5) is 26.0. The van der Waals surface area contributed by atoms with Crippen molar-refractivity contribution < 1.29 is 19.1 Å². The van der Waals surface area contributed by atoms with Crippen molar-refractivity contribution >= 4 is 12.1 Å². The monoisotopic (exact) mass is 283 g/mol. The number of hydrogen-bond acceptors (Lipinski definition) is 4. The van der Waals surface area contributed by atoms with Crippen molar-refractivity contribution in [1.82, 2.24) is 4.90 Å². The summed E-state index contributed by atoms with van der Waals surface area (Å²) >= 11 is 0. The van der Waals surface area contributed by atoms with E-state index in [1.165, 1.54) is 0 Å². The summed E-state index contributed by atoms with van der Waals surface area (Å²) in [6.07, 6.45) is 3.08. The van der Waals surface area contributed by atoms with Crippen molar-refractivity contribution in [2.24, 2.45) is 5.92 Å². The number of fused-ring (bicyclic) bond motifs is 2. The Morgan fingerprint density at radius 1 is 1.15 bits per heavy atom. The van der Waals surface area contributed by atoms with Gasteiger partial charge in [0.2, 0.25) is 0 Å². The molecule has 2 saturated heterocycles. The van der Waals surface area contributed by atoms with E-state index in [1.54, 1.807) is 0 Å². The van der Waals surface area contributed by atoms with E-state index in [9.17, 15) is 9.59 Å². The number of amides is 1. The lowest BCUT2D eigenvalue weighted by Gasteiger charge is -2.38. The molecule has 3 atom stereocenters. The van der Waals surface area contributed by atoms with E-state index in [0.29, 0.717) is 19.4 Å². The van der Waals surface area contributed by atoms with E-state index in [-0.39, 0.29) is 30.1 Å². The highest BCUT2D eigenvalue weighted by Crippen LogP contribution is 2.39. The fraction of sp³-hybridized carbons (Fsp3) is 0.867. The Kier molecular flexibility index (Phi) is 4.25. The summed E-state index contributed by atoms with van der Waals surface area (Å²) in [5, 5.41) is 0. The summed E-state index contributed by atoms with van der Waals surface area (Å²) in [7, 11) is 0. The molecular weight excluding hydrogens is 258 g/mol. The fourth-order valence-corrected chi connectivity index (χ4v) is 3.24. The minimum atomic E-state index is -0.478. The zero-order valence-electron chi connectivity index (χ0n) is 12.8. The number of piperidine rings is 1. The Bertz CT molecular complexity index is 374. The number of esters is 1. The molecular formula is C15H25NO4. The smallest absolute Gasteiger partial charge is 0.410 e. The van der Waals surface area contributed by atoms with Crippen LogP contribution >= 0.6 is 0 Å². The number of nitrogens with zero attached hydrogens (tertiary/aromatic N) is 1. The van der Waals surface area contributed by atoms with Crippen molar-refractivity contribution in [3.05, 3.63) is 0 Å². The van der Waals surface area contributed by atoms with Crippen LogP contribution < -0.4 is 0 Å². The molecule has 0 aromatic heterocycles.